The van der Waals surface area contributed by atoms with Crippen LogP contribution in [0.2, 0.25) is 0 Å². The first-order valence-corrected chi connectivity index (χ1v) is 10.7. The van der Waals surface area contributed by atoms with Crippen LogP contribution < -0.4 is 20.3 Å². The van der Waals surface area contributed by atoms with Crippen LogP contribution in [-0.2, 0) is 0 Å². The second-order valence-electron chi connectivity index (χ2n) is 7.88. The molecule has 3 aromatic heterocycles. The van der Waals surface area contributed by atoms with Gasteiger partial charge in [0.25, 0.3) is 0 Å². The van der Waals surface area contributed by atoms with Crippen molar-refractivity contribution in [2.75, 3.05) is 35.8 Å². The summed E-state index contributed by atoms with van der Waals surface area (Å²) in [4.78, 5) is 18.3. The summed E-state index contributed by atoms with van der Waals surface area (Å²) in [5, 5.41) is 25.1. The number of aromatic nitrogens is 4. The van der Waals surface area contributed by atoms with Gasteiger partial charge in [0, 0.05) is 23.9 Å². The SMILES string of the molecule is C=C(C)Nc1nc[nH]c1C(=N)c1cc(N2CCC[C@H]2CO)cnc1Nc1ccc(OC)nc1. The summed E-state index contributed by atoms with van der Waals surface area (Å²) in [6.45, 7) is 6.61. The molecule has 1 fully saturated rings. The molecule has 5 N–H and O–H groups in total. The molecule has 0 bridgehead atoms. The molecule has 0 radical (unpaired) electrons. The topological polar surface area (TPSA) is 135 Å². The monoisotopic (exact) mass is 448 g/mol. The molecule has 3 aromatic rings. The van der Waals surface area contributed by atoms with Gasteiger partial charge in [-0.3, -0.25) is 5.41 Å². The van der Waals surface area contributed by atoms with Crippen LogP contribution >= 0.6 is 0 Å². The van der Waals surface area contributed by atoms with Crippen molar-refractivity contribution in [1.29, 1.82) is 5.41 Å². The molecule has 0 aliphatic carbocycles. The number of hydrogen-bond acceptors (Lipinski definition) is 9. The third kappa shape index (κ3) is 4.80. The number of nitrogens with one attached hydrogen (secondary N) is 4. The molecule has 1 atom stereocenters. The second-order valence-corrected chi connectivity index (χ2v) is 7.88. The highest BCUT2D eigenvalue weighted by Crippen LogP contribution is 2.31. The van der Waals surface area contributed by atoms with Crippen molar-refractivity contribution in [3.63, 3.8) is 0 Å². The van der Waals surface area contributed by atoms with Crippen LogP contribution in [0, 0.1) is 5.41 Å². The predicted molar refractivity (Wildman–Crippen MR) is 129 cm³/mol. The molecule has 0 aromatic carbocycles. The standard InChI is InChI=1S/C23H28N8O2/c1-14(2)29-23-21(27-13-28-23)20(24)18-9-17(31-8-4-5-16(31)12-32)11-26-22(18)30-15-6-7-19(33-3)25-10-15/h6-7,9-11,13,16,24,29,32H,1,4-5,8,12H2,2-3H3,(H,26,30)(H,27,28)/t16-/m0/s1. The molecule has 1 saturated heterocycles. The largest absolute Gasteiger partial charge is 0.481 e. The molecule has 1 aliphatic rings. The van der Waals surface area contributed by atoms with E-state index in [-0.39, 0.29) is 18.4 Å². The van der Waals surface area contributed by atoms with Crippen LogP contribution in [0.4, 0.5) is 23.0 Å². The van der Waals surface area contributed by atoms with Crippen molar-refractivity contribution < 1.29 is 9.84 Å². The maximum atomic E-state index is 9.78. The maximum absolute atomic E-state index is 9.78. The van der Waals surface area contributed by atoms with Crippen molar-refractivity contribution in [2.24, 2.45) is 0 Å². The smallest absolute Gasteiger partial charge is 0.213 e. The van der Waals surface area contributed by atoms with E-state index in [2.05, 4.69) is 42.0 Å². The number of H-pyrrole nitrogens is 1. The molecular formula is C23H28N8O2. The van der Waals surface area contributed by atoms with Crippen LogP contribution in [0.15, 0.2) is 49.2 Å². The maximum Gasteiger partial charge on any atom is 0.213 e. The summed E-state index contributed by atoms with van der Waals surface area (Å²) in [7, 11) is 1.56. The third-order valence-corrected chi connectivity index (χ3v) is 5.49. The van der Waals surface area contributed by atoms with Gasteiger partial charge >= 0.3 is 0 Å². The van der Waals surface area contributed by atoms with Gasteiger partial charge in [0.2, 0.25) is 5.88 Å². The summed E-state index contributed by atoms with van der Waals surface area (Å²) in [5.41, 5.74) is 3.61. The normalized spacial score (nSPS) is 15.4. The van der Waals surface area contributed by atoms with Gasteiger partial charge in [-0.05, 0) is 31.9 Å². The van der Waals surface area contributed by atoms with Gasteiger partial charge in [0.15, 0.2) is 5.82 Å². The van der Waals surface area contributed by atoms with Gasteiger partial charge in [-0.25, -0.2) is 15.0 Å². The Morgan fingerprint density at radius 3 is 2.85 bits per heavy atom. The Bertz CT molecular complexity index is 1140. The highest BCUT2D eigenvalue weighted by molar-refractivity contribution is 6.15. The average molecular weight is 449 g/mol. The molecule has 0 unspecified atom stereocenters. The fourth-order valence-electron chi connectivity index (χ4n) is 3.89. The number of aliphatic hydroxyl groups is 1. The lowest BCUT2D eigenvalue weighted by atomic mass is 10.1. The quantitative estimate of drug-likeness (QED) is 0.315. The number of ether oxygens (including phenoxy) is 1. The van der Waals surface area contributed by atoms with Gasteiger partial charge < -0.3 is 30.4 Å². The van der Waals surface area contributed by atoms with E-state index in [1.165, 1.54) is 6.33 Å². The number of nitrogens with zero attached hydrogens (tertiary/aromatic N) is 4. The van der Waals surface area contributed by atoms with E-state index in [0.717, 1.165) is 25.1 Å². The van der Waals surface area contributed by atoms with Crippen molar-refractivity contribution in [3.8, 4) is 5.88 Å². The number of aliphatic hydroxyl groups excluding tert-OH is 1. The minimum absolute atomic E-state index is 0.0474. The molecule has 4 heterocycles. The molecule has 10 nitrogen and oxygen atoms in total. The summed E-state index contributed by atoms with van der Waals surface area (Å²) < 4.78 is 5.13. The Balaban J connectivity index is 1.73. The molecule has 1 aliphatic heterocycles. The number of pyridine rings is 2. The van der Waals surface area contributed by atoms with Crippen LogP contribution in [0.3, 0.4) is 0 Å². The molecular weight excluding hydrogens is 420 g/mol. The van der Waals surface area contributed by atoms with Crippen LogP contribution in [0.1, 0.15) is 31.0 Å². The number of hydrogen-bond donors (Lipinski definition) is 5. The van der Waals surface area contributed by atoms with Gasteiger partial charge in [0.05, 0.1) is 55.6 Å². The minimum Gasteiger partial charge on any atom is -0.481 e. The first kappa shape index (κ1) is 22.3. The summed E-state index contributed by atoms with van der Waals surface area (Å²) >= 11 is 0. The Morgan fingerprint density at radius 2 is 2.15 bits per heavy atom. The fraction of sp³-hybridized carbons (Fsp3) is 0.304. The lowest BCUT2D eigenvalue weighted by molar-refractivity contribution is 0.266. The molecule has 33 heavy (non-hydrogen) atoms. The van der Waals surface area contributed by atoms with Gasteiger partial charge in [-0.2, -0.15) is 0 Å². The molecule has 10 heteroatoms. The van der Waals surface area contributed by atoms with Gasteiger partial charge in [-0.15, -0.1) is 0 Å². The van der Waals surface area contributed by atoms with Crippen molar-refractivity contribution >= 4 is 28.7 Å². The summed E-state index contributed by atoms with van der Waals surface area (Å²) in [5.74, 6) is 1.53. The zero-order valence-corrected chi connectivity index (χ0v) is 18.7. The number of anilines is 4. The van der Waals surface area contributed by atoms with E-state index in [1.54, 1.807) is 25.6 Å². The lowest BCUT2D eigenvalue weighted by Gasteiger charge is -2.26. The van der Waals surface area contributed by atoms with Crippen LogP contribution in [0.25, 0.3) is 0 Å². The first-order valence-electron chi connectivity index (χ1n) is 10.7. The van der Waals surface area contributed by atoms with Gasteiger partial charge in [0.1, 0.15) is 11.5 Å². The summed E-state index contributed by atoms with van der Waals surface area (Å²) in [6, 6.07) is 5.56. The molecule has 0 spiro atoms. The van der Waals surface area contributed by atoms with E-state index in [9.17, 15) is 5.11 Å². The van der Waals surface area contributed by atoms with Gasteiger partial charge in [-0.1, -0.05) is 6.58 Å². The van der Waals surface area contributed by atoms with Crippen molar-refractivity contribution in [1.82, 2.24) is 19.9 Å². The number of methoxy groups -OCH3 is 1. The molecule has 0 amide bonds. The average Bonchev–Trinajstić information content (AvgIpc) is 3.48. The molecule has 0 saturated carbocycles. The third-order valence-electron chi connectivity index (χ3n) is 5.49. The minimum atomic E-state index is 0.0474. The molecule has 4 rings (SSSR count). The van der Waals surface area contributed by atoms with E-state index in [1.807, 2.05) is 19.1 Å². The molecule has 172 valence electrons. The highest BCUT2D eigenvalue weighted by Gasteiger charge is 2.26. The van der Waals surface area contributed by atoms with E-state index in [4.69, 9.17) is 10.1 Å². The van der Waals surface area contributed by atoms with E-state index >= 15 is 0 Å². The van der Waals surface area contributed by atoms with Crippen LogP contribution in [-0.4, -0.2) is 57.1 Å². The first-order chi connectivity index (χ1) is 16.0. The van der Waals surface area contributed by atoms with E-state index < -0.39 is 0 Å². The predicted octanol–water partition coefficient (Wildman–Crippen LogP) is 3.27. The highest BCUT2D eigenvalue weighted by atomic mass is 16.5. The number of rotatable bonds is 9. The zero-order valence-electron chi connectivity index (χ0n) is 18.7. The fourth-order valence-corrected chi connectivity index (χ4v) is 3.89. The van der Waals surface area contributed by atoms with Crippen molar-refractivity contribution in [3.05, 3.63) is 60.5 Å². The number of aromatic amines is 1. The number of imidazole rings is 1. The Morgan fingerprint density at radius 1 is 1.30 bits per heavy atom. The van der Waals surface area contributed by atoms with Crippen LogP contribution in [0.5, 0.6) is 5.88 Å². The lowest BCUT2D eigenvalue weighted by Crippen LogP contribution is -2.32. The summed E-state index contributed by atoms with van der Waals surface area (Å²) in [6.07, 6.45) is 6.88. The second kappa shape index (κ2) is 9.70. The van der Waals surface area contributed by atoms with E-state index in [0.29, 0.717) is 40.2 Å². The Labute approximate surface area is 192 Å². The number of allylic oxidation sites excluding steroid dienone is 1. The Kier molecular flexibility index (Phi) is 6.55. The zero-order chi connectivity index (χ0) is 23.4. The Hall–Kier alpha value is -3.92. The van der Waals surface area contributed by atoms with Crippen molar-refractivity contribution in [2.45, 2.75) is 25.8 Å².